The van der Waals surface area contributed by atoms with Gasteiger partial charge in [-0.05, 0) is 42.9 Å². The van der Waals surface area contributed by atoms with Crippen molar-refractivity contribution < 1.29 is 4.79 Å². The zero-order valence-electron chi connectivity index (χ0n) is 18.9. The molecular weight excluding hydrogens is 414 g/mol. The first kappa shape index (κ1) is 21.0. The van der Waals surface area contributed by atoms with Crippen molar-refractivity contribution in [3.8, 4) is 6.07 Å². The van der Waals surface area contributed by atoms with E-state index in [0.717, 1.165) is 38.0 Å². The summed E-state index contributed by atoms with van der Waals surface area (Å²) < 4.78 is 0. The number of aromatic nitrogens is 2. The highest BCUT2D eigenvalue weighted by Gasteiger charge is 2.35. The first-order valence-electron chi connectivity index (χ1n) is 11.4. The average Bonchev–Trinajstić information content (AvgIpc) is 3.14. The number of benzene rings is 1. The molecule has 0 unspecified atom stereocenters. The van der Waals surface area contributed by atoms with E-state index in [9.17, 15) is 10.1 Å². The van der Waals surface area contributed by atoms with E-state index in [1.807, 2.05) is 24.3 Å². The van der Waals surface area contributed by atoms with E-state index in [4.69, 9.17) is 11.5 Å². The summed E-state index contributed by atoms with van der Waals surface area (Å²) in [5.74, 6) is 1.73. The fraction of sp³-hybridized carbons (Fsp3) is 0.360. The minimum Gasteiger partial charge on any atom is -0.383 e. The van der Waals surface area contributed by atoms with E-state index in [-0.39, 0.29) is 24.0 Å². The maximum Gasteiger partial charge on any atom is 0.237 e. The molecule has 1 fully saturated rings. The van der Waals surface area contributed by atoms with Crippen molar-refractivity contribution in [2.45, 2.75) is 45.4 Å². The lowest BCUT2D eigenvalue weighted by Crippen LogP contribution is -2.31. The maximum atomic E-state index is 13.2. The average molecular weight is 442 g/mol. The molecule has 8 nitrogen and oxygen atoms in total. The van der Waals surface area contributed by atoms with E-state index < -0.39 is 0 Å². The van der Waals surface area contributed by atoms with Gasteiger partial charge in [0.2, 0.25) is 5.91 Å². The van der Waals surface area contributed by atoms with Crippen molar-refractivity contribution >= 4 is 45.6 Å². The van der Waals surface area contributed by atoms with Crippen molar-refractivity contribution in [2.24, 2.45) is 0 Å². The molecule has 1 amide bonds. The summed E-state index contributed by atoms with van der Waals surface area (Å²) in [7, 11) is 0. The first-order chi connectivity index (χ1) is 15.9. The molecule has 2 aliphatic rings. The van der Waals surface area contributed by atoms with Gasteiger partial charge in [-0.25, -0.2) is 9.97 Å². The number of piperidine rings is 1. The molecule has 4 N–H and O–H groups in total. The van der Waals surface area contributed by atoms with Gasteiger partial charge in [0.1, 0.15) is 34.9 Å². The van der Waals surface area contributed by atoms with Gasteiger partial charge in [0.25, 0.3) is 0 Å². The van der Waals surface area contributed by atoms with Gasteiger partial charge < -0.3 is 16.4 Å². The summed E-state index contributed by atoms with van der Waals surface area (Å²) in [5, 5.41) is 11.2. The molecule has 5 rings (SSSR count). The number of anilines is 5. The largest absolute Gasteiger partial charge is 0.383 e. The molecule has 1 aromatic carbocycles. The van der Waals surface area contributed by atoms with Crippen molar-refractivity contribution in [2.75, 3.05) is 34.4 Å². The van der Waals surface area contributed by atoms with Crippen LogP contribution >= 0.6 is 0 Å². The summed E-state index contributed by atoms with van der Waals surface area (Å²) >= 11 is 0. The Hall–Kier alpha value is -3.86. The summed E-state index contributed by atoms with van der Waals surface area (Å²) in [6.45, 7) is 5.90. The van der Waals surface area contributed by atoms with Gasteiger partial charge in [-0.2, -0.15) is 5.26 Å². The number of carbonyl (C=O) groups is 1. The zero-order valence-corrected chi connectivity index (χ0v) is 18.9. The van der Waals surface area contributed by atoms with Crippen molar-refractivity contribution in [3.63, 3.8) is 0 Å². The SMILES string of the molecule is CC(C)c1ccc(N2C(=O)Cc3c2nc(N)c2c(N)nc(N4CCCCC4)c(C#N)c32)cc1. The van der Waals surface area contributed by atoms with Crippen LogP contribution in [0.3, 0.4) is 0 Å². The molecule has 1 saturated heterocycles. The Balaban J connectivity index is 1.73. The summed E-state index contributed by atoms with van der Waals surface area (Å²) in [5.41, 5.74) is 15.7. The highest BCUT2D eigenvalue weighted by Crippen LogP contribution is 2.44. The number of fused-ring (bicyclic) bond motifs is 3. The predicted molar refractivity (Wildman–Crippen MR) is 131 cm³/mol. The smallest absolute Gasteiger partial charge is 0.237 e. The first-order valence-corrected chi connectivity index (χ1v) is 11.4. The monoisotopic (exact) mass is 441 g/mol. The van der Waals surface area contributed by atoms with Crippen LogP contribution in [0.4, 0.5) is 29.0 Å². The molecule has 2 aromatic heterocycles. The van der Waals surface area contributed by atoms with E-state index in [2.05, 4.69) is 34.8 Å². The van der Waals surface area contributed by atoms with Gasteiger partial charge in [-0.3, -0.25) is 9.69 Å². The Kier molecular flexibility index (Phi) is 5.05. The van der Waals surface area contributed by atoms with Crippen molar-refractivity contribution in [3.05, 3.63) is 41.0 Å². The Morgan fingerprint density at radius 3 is 2.21 bits per heavy atom. The second-order valence-corrected chi connectivity index (χ2v) is 9.06. The molecule has 8 heteroatoms. The Labute approximate surface area is 192 Å². The third-order valence-electron chi connectivity index (χ3n) is 6.63. The van der Waals surface area contributed by atoms with Crippen molar-refractivity contribution in [1.29, 1.82) is 5.26 Å². The van der Waals surface area contributed by atoms with Crippen LogP contribution in [-0.2, 0) is 11.2 Å². The summed E-state index contributed by atoms with van der Waals surface area (Å²) in [4.78, 5) is 26.0. The van der Waals surface area contributed by atoms with E-state index in [0.29, 0.717) is 39.5 Å². The van der Waals surface area contributed by atoms with Crippen LogP contribution in [0.5, 0.6) is 0 Å². The topological polar surface area (TPSA) is 125 Å². The van der Waals surface area contributed by atoms with Crippen LogP contribution in [0.25, 0.3) is 10.8 Å². The second-order valence-electron chi connectivity index (χ2n) is 9.06. The minimum absolute atomic E-state index is 0.111. The molecule has 3 aromatic rings. The molecule has 0 bridgehead atoms. The van der Waals surface area contributed by atoms with Crippen LogP contribution in [0.1, 0.15) is 55.7 Å². The number of rotatable bonds is 3. The van der Waals surface area contributed by atoms with E-state index >= 15 is 0 Å². The van der Waals surface area contributed by atoms with Gasteiger partial charge >= 0.3 is 0 Å². The number of nitrogen functional groups attached to an aromatic ring is 2. The molecule has 0 radical (unpaired) electrons. The second kappa shape index (κ2) is 7.93. The lowest BCUT2D eigenvalue weighted by molar-refractivity contribution is -0.116. The Morgan fingerprint density at radius 2 is 1.61 bits per heavy atom. The molecule has 0 aliphatic carbocycles. The number of hydrogen-bond donors (Lipinski definition) is 2. The van der Waals surface area contributed by atoms with Gasteiger partial charge in [-0.1, -0.05) is 26.0 Å². The van der Waals surface area contributed by atoms with Gasteiger partial charge in [-0.15, -0.1) is 0 Å². The molecule has 0 atom stereocenters. The van der Waals surface area contributed by atoms with Crippen LogP contribution in [0.2, 0.25) is 0 Å². The van der Waals surface area contributed by atoms with Crippen LogP contribution < -0.4 is 21.3 Å². The number of hydrogen-bond acceptors (Lipinski definition) is 7. The van der Waals surface area contributed by atoms with Gasteiger partial charge in [0, 0.05) is 24.0 Å². The fourth-order valence-electron chi connectivity index (χ4n) is 4.92. The highest BCUT2D eigenvalue weighted by atomic mass is 16.2. The number of amides is 1. The van der Waals surface area contributed by atoms with Gasteiger partial charge in [0.05, 0.1) is 17.5 Å². The lowest BCUT2D eigenvalue weighted by Gasteiger charge is -2.29. The molecule has 4 heterocycles. The Bertz CT molecular complexity index is 1300. The molecule has 2 aliphatic heterocycles. The number of carbonyl (C=O) groups excluding carboxylic acids is 1. The Morgan fingerprint density at radius 1 is 0.970 bits per heavy atom. The number of pyridine rings is 2. The molecule has 33 heavy (non-hydrogen) atoms. The summed E-state index contributed by atoms with van der Waals surface area (Å²) in [6, 6.07) is 10.2. The standard InChI is InChI=1S/C25H27N7O/c1-14(2)15-6-8-16(9-7-15)32-19(33)12-17-20-18(13-26)24(31-10-4-3-5-11-31)29-22(27)21(20)23(28)30-25(17)32/h6-9,14H,3-5,10-12H2,1-2H3,(H2,27,29)(H2,28,30). The summed E-state index contributed by atoms with van der Waals surface area (Å²) in [6.07, 6.45) is 3.37. The number of nitrogens with two attached hydrogens (primary N) is 2. The maximum absolute atomic E-state index is 13.2. The quantitative estimate of drug-likeness (QED) is 0.629. The molecular formula is C25H27N7O. The predicted octanol–water partition coefficient (Wildman–Crippen LogP) is 4.00. The van der Waals surface area contributed by atoms with Crippen LogP contribution in [-0.4, -0.2) is 29.0 Å². The number of nitrogens with zero attached hydrogens (tertiary/aromatic N) is 5. The van der Waals surface area contributed by atoms with Crippen LogP contribution in [0, 0.1) is 11.3 Å². The third-order valence-corrected chi connectivity index (χ3v) is 6.63. The molecule has 0 spiro atoms. The van der Waals surface area contributed by atoms with Gasteiger partial charge in [0.15, 0.2) is 0 Å². The normalized spacial score (nSPS) is 15.9. The van der Waals surface area contributed by atoms with Crippen LogP contribution in [0.15, 0.2) is 24.3 Å². The molecule has 0 saturated carbocycles. The van der Waals surface area contributed by atoms with Crippen molar-refractivity contribution in [1.82, 2.24) is 9.97 Å². The fourth-order valence-corrected chi connectivity index (χ4v) is 4.92. The minimum atomic E-state index is -0.111. The van der Waals surface area contributed by atoms with E-state index in [1.54, 1.807) is 4.90 Å². The number of nitriles is 1. The highest BCUT2D eigenvalue weighted by molar-refractivity contribution is 6.15. The molecule has 168 valence electrons. The lowest BCUT2D eigenvalue weighted by atomic mass is 9.99. The zero-order chi connectivity index (χ0) is 23.3. The third kappa shape index (κ3) is 3.32. The van der Waals surface area contributed by atoms with E-state index in [1.165, 1.54) is 5.56 Å².